The Hall–Kier alpha value is -2.16. The predicted octanol–water partition coefficient (Wildman–Crippen LogP) is 3.93. The van der Waals surface area contributed by atoms with Gasteiger partial charge in [-0.05, 0) is 29.0 Å². The Morgan fingerprint density at radius 1 is 1.09 bits per heavy atom. The Labute approximate surface area is 131 Å². The number of carbonyl (C=O) groups excluding carboxylic acids is 1. The van der Waals surface area contributed by atoms with E-state index in [-0.39, 0.29) is 5.41 Å². The fraction of sp³-hybridized carbons (Fsp3) is 0.316. The molecule has 2 aromatic rings. The van der Waals surface area contributed by atoms with Crippen molar-refractivity contribution in [1.29, 1.82) is 0 Å². The number of halogens is 1. The Balaban J connectivity index is 2.26. The van der Waals surface area contributed by atoms with Gasteiger partial charge < -0.3 is 5.73 Å². The van der Waals surface area contributed by atoms with E-state index in [1.54, 1.807) is 18.2 Å². The van der Waals surface area contributed by atoms with Crippen LogP contribution in [-0.4, -0.2) is 5.91 Å². The first kappa shape index (κ1) is 16.2. The van der Waals surface area contributed by atoms with Crippen LogP contribution in [-0.2, 0) is 16.6 Å². The molecule has 0 heterocycles. The maximum atomic E-state index is 13.9. The molecule has 2 N–H and O–H groups in total. The normalized spacial score (nSPS) is 12.9. The Morgan fingerprint density at radius 2 is 1.68 bits per heavy atom. The monoisotopic (exact) mass is 299 g/mol. The summed E-state index contributed by atoms with van der Waals surface area (Å²) in [7, 11) is 0. The minimum Gasteiger partial charge on any atom is -0.369 e. The Morgan fingerprint density at radius 3 is 2.18 bits per heavy atom. The minimum absolute atomic E-state index is 0.0765. The van der Waals surface area contributed by atoms with E-state index in [9.17, 15) is 9.18 Å². The number of amides is 1. The van der Waals surface area contributed by atoms with E-state index < -0.39 is 17.6 Å². The summed E-state index contributed by atoms with van der Waals surface area (Å²) >= 11 is 0. The van der Waals surface area contributed by atoms with Crippen molar-refractivity contribution in [1.82, 2.24) is 0 Å². The molecule has 2 aromatic carbocycles. The molecule has 0 bridgehead atoms. The molecular weight excluding hydrogens is 277 g/mol. The van der Waals surface area contributed by atoms with E-state index >= 15 is 0 Å². The van der Waals surface area contributed by atoms with Gasteiger partial charge in [0.25, 0.3) is 0 Å². The van der Waals surface area contributed by atoms with Crippen LogP contribution in [0.2, 0.25) is 0 Å². The molecule has 1 atom stereocenters. The molecule has 1 amide bonds. The van der Waals surface area contributed by atoms with Crippen molar-refractivity contribution in [3.63, 3.8) is 0 Å². The van der Waals surface area contributed by atoms with Crippen LogP contribution in [0, 0.1) is 5.82 Å². The predicted molar refractivity (Wildman–Crippen MR) is 87.2 cm³/mol. The van der Waals surface area contributed by atoms with Gasteiger partial charge in [-0.2, -0.15) is 0 Å². The zero-order chi connectivity index (χ0) is 16.3. The van der Waals surface area contributed by atoms with Crippen molar-refractivity contribution in [3.8, 4) is 0 Å². The maximum absolute atomic E-state index is 13.9. The summed E-state index contributed by atoms with van der Waals surface area (Å²) in [6, 6.07) is 14.4. The molecule has 0 saturated carbocycles. The van der Waals surface area contributed by atoms with Crippen molar-refractivity contribution in [2.24, 2.45) is 5.73 Å². The van der Waals surface area contributed by atoms with Crippen LogP contribution < -0.4 is 5.73 Å². The third-order valence-electron chi connectivity index (χ3n) is 3.88. The minimum atomic E-state index is -0.651. The number of primary amides is 1. The number of benzene rings is 2. The molecular formula is C19H22FNO. The highest BCUT2D eigenvalue weighted by Gasteiger charge is 2.22. The van der Waals surface area contributed by atoms with Crippen molar-refractivity contribution in [2.45, 2.75) is 38.5 Å². The lowest BCUT2D eigenvalue weighted by atomic mass is 9.85. The zero-order valence-electron chi connectivity index (χ0n) is 13.3. The fourth-order valence-corrected chi connectivity index (χ4v) is 2.50. The number of hydrogen-bond donors (Lipinski definition) is 1. The highest BCUT2D eigenvalue weighted by molar-refractivity contribution is 5.82. The second-order valence-corrected chi connectivity index (χ2v) is 6.63. The standard InChI is InChI=1S/C19H22FNO/c1-19(2,3)14-10-8-13(9-11-14)12-16(18(21)22)15-6-4-5-7-17(15)20/h4-11,16H,12H2,1-3H3,(H2,21,22). The molecule has 22 heavy (non-hydrogen) atoms. The molecule has 1 unspecified atom stereocenters. The summed E-state index contributed by atoms with van der Waals surface area (Å²) in [5.41, 5.74) is 8.10. The molecule has 0 aliphatic heterocycles. The van der Waals surface area contributed by atoms with Crippen LogP contribution in [0.25, 0.3) is 0 Å². The summed E-state index contributed by atoms with van der Waals surface area (Å²) in [5, 5.41) is 0. The first-order valence-electron chi connectivity index (χ1n) is 7.42. The lowest BCUT2D eigenvalue weighted by Gasteiger charge is -2.20. The number of nitrogens with two attached hydrogens (primary N) is 1. The number of rotatable bonds is 4. The van der Waals surface area contributed by atoms with Gasteiger partial charge in [0.1, 0.15) is 5.82 Å². The van der Waals surface area contributed by atoms with Crippen molar-refractivity contribution >= 4 is 5.91 Å². The third-order valence-corrected chi connectivity index (χ3v) is 3.88. The van der Waals surface area contributed by atoms with Crippen LogP contribution in [0.15, 0.2) is 48.5 Å². The van der Waals surface area contributed by atoms with Gasteiger partial charge in [0, 0.05) is 5.56 Å². The molecule has 0 saturated heterocycles. The van der Waals surface area contributed by atoms with Gasteiger partial charge in [0.05, 0.1) is 5.92 Å². The zero-order valence-corrected chi connectivity index (χ0v) is 13.3. The molecule has 0 spiro atoms. The summed E-state index contributed by atoms with van der Waals surface area (Å²) in [6.07, 6.45) is 0.403. The molecule has 0 aromatic heterocycles. The quantitative estimate of drug-likeness (QED) is 0.913. The second kappa shape index (κ2) is 6.30. The van der Waals surface area contributed by atoms with E-state index in [1.165, 1.54) is 11.6 Å². The Bertz CT molecular complexity index is 656. The van der Waals surface area contributed by atoms with E-state index in [4.69, 9.17) is 5.73 Å². The summed E-state index contributed by atoms with van der Waals surface area (Å²) in [6.45, 7) is 6.44. The van der Waals surface area contributed by atoms with E-state index in [2.05, 4.69) is 32.9 Å². The van der Waals surface area contributed by atoms with Gasteiger partial charge in [-0.15, -0.1) is 0 Å². The van der Waals surface area contributed by atoms with Gasteiger partial charge in [-0.3, -0.25) is 4.79 Å². The average molecular weight is 299 g/mol. The van der Waals surface area contributed by atoms with Gasteiger partial charge in [-0.25, -0.2) is 4.39 Å². The smallest absolute Gasteiger partial charge is 0.225 e. The summed E-state index contributed by atoms with van der Waals surface area (Å²) in [4.78, 5) is 11.7. The van der Waals surface area contributed by atoms with E-state index in [0.717, 1.165) is 5.56 Å². The molecule has 2 nitrogen and oxygen atoms in total. The van der Waals surface area contributed by atoms with Gasteiger partial charge in [0.15, 0.2) is 0 Å². The highest BCUT2D eigenvalue weighted by atomic mass is 19.1. The van der Waals surface area contributed by atoms with Crippen LogP contribution in [0.3, 0.4) is 0 Å². The van der Waals surface area contributed by atoms with Crippen molar-refractivity contribution in [3.05, 3.63) is 71.0 Å². The average Bonchev–Trinajstić information content (AvgIpc) is 2.45. The lowest BCUT2D eigenvalue weighted by Crippen LogP contribution is -2.24. The summed E-state index contributed by atoms with van der Waals surface area (Å²) in [5.74, 6) is -1.55. The molecule has 0 fully saturated rings. The molecule has 0 aliphatic rings. The molecule has 0 aliphatic carbocycles. The van der Waals surface area contributed by atoms with Crippen LogP contribution in [0.4, 0.5) is 4.39 Å². The van der Waals surface area contributed by atoms with Gasteiger partial charge >= 0.3 is 0 Å². The third kappa shape index (κ3) is 3.73. The molecule has 0 radical (unpaired) electrons. The number of carbonyl (C=O) groups is 1. The first-order chi connectivity index (χ1) is 10.3. The highest BCUT2D eigenvalue weighted by Crippen LogP contribution is 2.26. The fourth-order valence-electron chi connectivity index (χ4n) is 2.50. The van der Waals surface area contributed by atoms with Crippen LogP contribution in [0.1, 0.15) is 43.4 Å². The van der Waals surface area contributed by atoms with Gasteiger partial charge in [-0.1, -0.05) is 63.2 Å². The molecule has 116 valence electrons. The largest absolute Gasteiger partial charge is 0.369 e. The van der Waals surface area contributed by atoms with E-state index in [1.807, 2.05) is 12.1 Å². The van der Waals surface area contributed by atoms with Crippen LogP contribution in [0.5, 0.6) is 0 Å². The SMILES string of the molecule is CC(C)(C)c1ccc(CC(C(N)=O)c2ccccc2F)cc1. The lowest BCUT2D eigenvalue weighted by molar-refractivity contribution is -0.119. The Kier molecular flexibility index (Phi) is 4.65. The van der Waals surface area contributed by atoms with Crippen molar-refractivity contribution in [2.75, 3.05) is 0 Å². The van der Waals surface area contributed by atoms with Gasteiger partial charge in [0.2, 0.25) is 5.91 Å². The molecule has 3 heteroatoms. The topological polar surface area (TPSA) is 43.1 Å². The maximum Gasteiger partial charge on any atom is 0.225 e. The summed E-state index contributed by atoms with van der Waals surface area (Å²) < 4.78 is 13.9. The van der Waals surface area contributed by atoms with Crippen molar-refractivity contribution < 1.29 is 9.18 Å². The second-order valence-electron chi connectivity index (χ2n) is 6.63. The number of hydrogen-bond acceptors (Lipinski definition) is 1. The van der Waals surface area contributed by atoms with Crippen LogP contribution >= 0.6 is 0 Å². The first-order valence-corrected chi connectivity index (χ1v) is 7.42. The van der Waals surface area contributed by atoms with E-state index in [0.29, 0.717) is 12.0 Å². The molecule has 2 rings (SSSR count).